The van der Waals surface area contributed by atoms with E-state index in [1.165, 1.54) is 135 Å². The van der Waals surface area contributed by atoms with Crippen molar-refractivity contribution in [3.63, 3.8) is 0 Å². The van der Waals surface area contributed by atoms with Crippen molar-refractivity contribution in [2.45, 2.75) is 328 Å². The average molecular weight is 1290 g/mol. The summed E-state index contributed by atoms with van der Waals surface area (Å²) < 4.78 is 30.5. The zero-order valence-electron chi connectivity index (χ0n) is 59.8. The molecule has 0 heterocycles. The molecule has 0 fully saturated rings. The van der Waals surface area contributed by atoms with E-state index in [0.717, 1.165) is 141 Å². The highest BCUT2D eigenvalue weighted by Crippen LogP contribution is 2.38. The van der Waals surface area contributed by atoms with Crippen LogP contribution < -0.4 is 10.2 Å². The second-order valence-electron chi connectivity index (χ2n) is 26.1. The standard InChI is InChI=1S/C81H141N2O7P/c1-7-10-13-16-19-22-25-28-30-32-34-36-38-40-41-43-45-47-49-51-53-56-59-62-65-68-71-74-81(85)90-79(72-69-66-63-60-57-54-27-24-21-18-15-12-9-3)78(77-89-91(86,87)88-76-75-83(4,5)6)82-80(84)73-70-67-64-61-58-55-52-50-48-46-44-42-39-37-35-33-31-29-26-23-20-17-14-11-8-2/h11,14,19-20,22-23,28-31,34-37,40-42,44,48,50,69,72,78-79H,7-10,12-13,15-18,21,24-27,32-33,38-39,43,45-47,49,51-68,70-71,73-77H2,1-6H3,(H-,82,84,86,87)/b14-11-,22-19-,23-20-,30-28-,31-29-,36-34-,37-35-,41-40-,44-42-,50-48-,72-69+. The Morgan fingerprint density at radius 3 is 1.08 bits per heavy atom. The number of nitrogens with one attached hydrogen (secondary N) is 1. The van der Waals surface area contributed by atoms with E-state index in [-0.39, 0.29) is 24.9 Å². The van der Waals surface area contributed by atoms with Crippen LogP contribution in [0, 0.1) is 0 Å². The quantitative estimate of drug-likeness (QED) is 0.0212. The second-order valence-corrected chi connectivity index (χ2v) is 27.5. The van der Waals surface area contributed by atoms with Crippen molar-refractivity contribution in [3.8, 4) is 0 Å². The van der Waals surface area contributed by atoms with Gasteiger partial charge in [0.1, 0.15) is 19.3 Å². The van der Waals surface area contributed by atoms with Crippen molar-refractivity contribution < 1.29 is 37.3 Å². The molecule has 0 rings (SSSR count). The van der Waals surface area contributed by atoms with E-state index in [4.69, 9.17) is 13.8 Å². The van der Waals surface area contributed by atoms with Crippen LogP contribution >= 0.6 is 7.82 Å². The van der Waals surface area contributed by atoms with E-state index in [9.17, 15) is 19.0 Å². The Hall–Kier alpha value is -3.85. The van der Waals surface area contributed by atoms with Crippen molar-refractivity contribution >= 4 is 19.7 Å². The molecular formula is C81H141N2O7P. The third-order valence-electron chi connectivity index (χ3n) is 16.1. The third kappa shape index (κ3) is 70.3. The Kier molecular flexibility index (Phi) is 66.1. The molecule has 0 aliphatic heterocycles. The van der Waals surface area contributed by atoms with Gasteiger partial charge >= 0.3 is 5.97 Å². The average Bonchev–Trinajstić information content (AvgIpc) is 3.73. The molecule has 0 aliphatic rings. The van der Waals surface area contributed by atoms with E-state index >= 15 is 0 Å². The van der Waals surface area contributed by atoms with Gasteiger partial charge in [-0.1, -0.05) is 309 Å². The first-order valence-electron chi connectivity index (χ1n) is 37.5. The molecule has 3 atom stereocenters. The number of ether oxygens (including phenoxy) is 1. The fourth-order valence-corrected chi connectivity index (χ4v) is 11.1. The Bertz CT molecular complexity index is 2020. The highest BCUT2D eigenvalue weighted by Gasteiger charge is 2.27. The first-order valence-corrected chi connectivity index (χ1v) is 39.0. The minimum atomic E-state index is -4.72. The molecule has 522 valence electrons. The van der Waals surface area contributed by atoms with Crippen LogP contribution in [0.5, 0.6) is 0 Å². The zero-order valence-corrected chi connectivity index (χ0v) is 60.7. The van der Waals surface area contributed by atoms with Crippen LogP contribution in [0.4, 0.5) is 0 Å². The smallest absolute Gasteiger partial charge is 0.306 e. The van der Waals surface area contributed by atoms with Gasteiger partial charge in [0.2, 0.25) is 5.91 Å². The SMILES string of the molecule is CC/C=C\C/C=C\C/C=C\C/C=C\C/C=C\C/C=C\CCCCCCCCC(=O)NC(COP(=O)([O-])OCC[N+](C)(C)C)C(/C=C/CCCCCCCCCCCCC)OC(=O)CCCCCCCCCCCCC/C=C\C/C=C\C/C=C\C/C=C\CCCCC. The summed E-state index contributed by atoms with van der Waals surface area (Å²) >= 11 is 0. The largest absolute Gasteiger partial charge is 0.756 e. The number of nitrogens with zero attached hydrogens (tertiary/aromatic N) is 1. The summed E-state index contributed by atoms with van der Waals surface area (Å²) in [5.41, 5.74) is 0. The van der Waals surface area contributed by atoms with Crippen LogP contribution in [-0.4, -0.2) is 69.4 Å². The number of quaternary nitrogens is 1. The molecule has 0 radical (unpaired) electrons. The molecule has 0 aliphatic carbocycles. The van der Waals surface area contributed by atoms with Crippen LogP contribution in [0.15, 0.2) is 134 Å². The number of hydrogen-bond donors (Lipinski definition) is 1. The van der Waals surface area contributed by atoms with Crippen molar-refractivity contribution in [2.24, 2.45) is 0 Å². The summed E-state index contributed by atoms with van der Waals surface area (Å²) in [5.74, 6) is -0.562. The van der Waals surface area contributed by atoms with Gasteiger partial charge in [-0.3, -0.25) is 14.2 Å². The topological polar surface area (TPSA) is 114 Å². The van der Waals surface area contributed by atoms with Crippen LogP contribution in [0.1, 0.15) is 316 Å². The number of likely N-dealkylation sites (N-methyl/N-ethyl adjacent to an activating group) is 1. The number of hydrogen-bond acceptors (Lipinski definition) is 7. The summed E-state index contributed by atoms with van der Waals surface area (Å²) in [5, 5.41) is 3.04. The molecule has 10 heteroatoms. The highest BCUT2D eigenvalue weighted by molar-refractivity contribution is 7.45. The van der Waals surface area contributed by atoms with Gasteiger partial charge in [-0.05, 0) is 128 Å². The maximum absolute atomic E-state index is 13.6. The summed E-state index contributed by atoms with van der Waals surface area (Å²) in [6.45, 7) is 6.70. The van der Waals surface area contributed by atoms with Crippen molar-refractivity contribution in [1.29, 1.82) is 0 Å². The molecule has 0 aromatic carbocycles. The first-order chi connectivity index (χ1) is 44.4. The lowest BCUT2D eigenvalue weighted by atomic mass is 10.0. The minimum absolute atomic E-state index is 0.0324. The first kappa shape index (κ1) is 87.2. The predicted molar refractivity (Wildman–Crippen MR) is 394 cm³/mol. The van der Waals surface area contributed by atoms with Gasteiger partial charge in [-0.2, -0.15) is 0 Å². The van der Waals surface area contributed by atoms with Gasteiger partial charge in [0.15, 0.2) is 0 Å². The van der Waals surface area contributed by atoms with Gasteiger partial charge in [-0.25, -0.2) is 0 Å². The number of amides is 1. The molecule has 0 saturated carbocycles. The van der Waals surface area contributed by atoms with E-state index < -0.39 is 26.6 Å². The molecule has 0 aromatic rings. The summed E-state index contributed by atoms with van der Waals surface area (Å²) in [4.78, 5) is 40.3. The third-order valence-corrected chi connectivity index (χ3v) is 17.0. The molecule has 1 amide bonds. The van der Waals surface area contributed by atoms with Gasteiger partial charge in [0.05, 0.1) is 33.8 Å². The summed E-state index contributed by atoms with van der Waals surface area (Å²) in [6, 6.07) is -0.909. The molecule has 0 saturated heterocycles. The van der Waals surface area contributed by atoms with Crippen LogP contribution in [0.3, 0.4) is 0 Å². The number of carbonyl (C=O) groups is 2. The molecule has 1 N–H and O–H groups in total. The molecule has 0 bridgehead atoms. The van der Waals surface area contributed by atoms with Crippen LogP contribution in [-0.2, 0) is 27.9 Å². The Balaban J connectivity index is 5.11. The van der Waals surface area contributed by atoms with Gasteiger partial charge in [0.25, 0.3) is 7.82 Å². The predicted octanol–water partition coefficient (Wildman–Crippen LogP) is 23.7. The van der Waals surface area contributed by atoms with E-state index in [1.54, 1.807) is 0 Å². The number of unbranched alkanes of at least 4 members (excludes halogenated alkanes) is 31. The van der Waals surface area contributed by atoms with Crippen molar-refractivity contribution in [1.82, 2.24) is 5.32 Å². The minimum Gasteiger partial charge on any atom is -0.756 e. The van der Waals surface area contributed by atoms with Crippen LogP contribution in [0.2, 0.25) is 0 Å². The summed E-state index contributed by atoms with van der Waals surface area (Å²) in [7, 11) is 1.16. The number of rotatable bonds is 67. The lowest BCUT2D eigenvalue weighted by Crippen LogP contribution is -2.47. The van der Waals surface area contributed by atoms with Gasteiger partial charge < -0.3 is 28.5 Å². The molecule has 91 heavy (non-hydrogen) atoms. The van der Waals surface area contributed by atoms with Gasteiger partial charge in [-0.15, -0.1) is 0 Å². The van der Waals surface area contributed by atoms with Crippen molar-refractivity contribution in [3.05, 3.63) is 134 Å². The number of carbonyl (C=O) groups excluding carboxylic acids is 2. The zero-order chi connectivity index (χ0) is 66.3. The maximum Gasteiger partial charge on any atom is 0.306 e. The number of phosphoric acid groups is 1. The monoisotopic (exact) mass is 1290 g/mol. The fraction of sp³-hybridized carbons (Fsp3) is 0.704. The van der Waals surface area contributed by atoms with E-state index in [2.05, 4.69) is 148 Å². The van der Waals surface area contributed by atoms with E-state index in [1.807, 2.05) is 33.3 Å². The number of phosphoric ester groups is 1. The molecule has 3 unspecified atom stereocenters. The lowest BCUT2D eigenvalue weighted by molar-refractivity contribution is -0.870. The normalized spacial score (nSPS) is 14.2. The van der Waals surface area contributed by atoms with Crippen LogP contribution in [0.25, 0.3) is 0 Å². The second kappa shape index (κ2) is 69.0. The molecular weight excluding hydrogens is 1140 g/mol. The Labute approximate surface area is 562 Å². The van der Waals surface area contributed by atoms with Gasteiger partial charge in [0, 0.05) is 12.8 Å². The number of esters is 1. The molecule has 0 aromatic heterocycles. The Morgan fingerprint density at radius 2 is 0.703 bits per heavy atom. The molecule has 9 nitrogen and oxygen atoms in total. The highest BCUT2D eigenvalue weighted by atomic mass is 31.2. The fourth-order valence-electron chi connectivity index (χ4n) is 10.3. The molecule has 0 spiro atoms. The Morgan fingerprint density at radius 1 is 0.396 bits per heavy atom. The van der Waals surface area contributed by atoms with E-state index in [0.29, 0.717) is 23.9 Å². The summed E-state index contributed by atoms with van der Waals surface area (Å²) in [6.07, 6.45) is 98.6. The maximum atomic E-state index is 13.6. The number of allylic oxidation sites excluding steroid dienone is 21. The van der Waals surface area contributed by atoms with Crippen molar-refractivity contribution in [2.75, 3.05) is 40.9 Å². The lowest BCUT2D eigenvalue weighted by Gasteiger charge is -2.30.